The van der Waals surface area contributed by atoms with Crippen molar-refractivity contribution in [1.29, 1.82) is 0 Å². The summed E-state index contributed by atoms with van der Waals surface area (Å²) in [6.45, 7) is 4.06. The van der Waals surface area contributed by atoms with Gasteiger partial charge in [0.15, 0.2) is 5.82 Å². The van der Waals surface area contributed by atoms with E-state index < -0.39 is 0 Å². The number of nitrogens with one attached hydrogen (secondary N) is 1. The fraction of sp³-hybridized carbons (Fsp3) is 0.312. The van der Waals surface area contributed by atoms with Crippen molar-refractivity contribution >= 4 is 17.2 Å². The molecule has 0 saturated carbocycles. The zero-order valence-electron chi connectivity index (χ0n) is 13.1. The van der Waals surface area contributed by atoms with Crippen LogP contribution in [0, 0.1) is 13.8 Å². The summed E-state index contributed by atoms with van der Waals surface area (Å²) in [4.78, 5) is 1.17. The van der Waals surface area contributed by atoms with E-state index in [1.54, 1.807) is 16.0 Å². The maximum absolute atomic E-state index is 9.26. The minimum Gasteiger partial charge on any atom is -0.396 e. The van der Waals surface area contributed by atoms with Crippen molar-refractivity contribution in [3.63, 3.8) is 0 Å². The molecule has 0 amide bonds. The van der Waals surface area contributed by atoms with Gasteiger partial charge in [-0.3, -0.25) is 0 Å². The predicted molar refractivity (Wildman–Crippen MR) is 91.0 cm³/mol. The van der Waals surface area contributed by atoms with Gasteiger partial charge in [-0.05, 0) is 49.9 Å². The Bertz CT molecular complexity index is 751. The number of hydrogen-bond acceptors (Lipinski definition) is 6. The lowest BCUT2D eigenvalue weighted by Gasteiger charge is -2.16. The second kappa shape index (κ2) is 6.89. The molecule has 0 aromatic carbocycles. The van der Waals surface area contributed by atoms with Gasteiger partial charge in [0.05, 0.1) is 11.7 Å². The second-order valence-electron chi connectivity index (χ2n) is 5.34. The molecular weight excluding hydrogens is 310 g/mol. The zero-order chi connectivity index (χ0) is 16.2. The van der Waals surface area contributed by atoms with E-state index in [4.69, 9.17) is 0 Å². The summed E-state index contributed by atoms with van der Waals surface area (Å²) in [6.07, 6.45) is 0.626. The molecule has 1 atom stereocenters. The first-order valence-corrected chi connectivity index (χ1v) is 8.33. The third kappa shape index (κ3) is 3.57. The summed E-state index contributed by atoms with van der Waals surface area (Å²) in [7, 11) is 0. The predicted octanol–water partition coefficient (Wildman–Crippen LogP) is 2.88. The summed E-state index contributed by atoms with van der Waals surface area (Å²) in [5, 5.41) is 27.5. The average Bonchev–Trinajstić information content (AvgIpc) is 3.17. The summed E-state index contributed by atoms with van der Waals surface area (Å²) >= 11 is 1.66. The van der Waals surface area contributed by atoms with E-state index in [0.717, 1.165) is 11.4 Å². The highest BCUT2D eigenvalue weighted by molar-refractivity contribution is 7.10. The van der Waals surface area contributed by atoms with Crippen LogP contribution in [-0.2, 0) is 0 Å². The normalized spacial score (nSPS) is 12.3. The maximum Gasteiger partial charge on any atom is 0.176 e. The highest BCUT2D eigenvalue weighted by Crippen LogP contribution is 2.25. The van der Waals surface area contributed by atoms with Gasteiger partial charge in [0.2, 0.25) is 0 Å². The molecule has 3 aromatic heterocycles. The van der Waals surface area contributed by atoms with E-state index in [1.165, 1.54) is 4.88 Å². The Morgan fingerprint density at radius 2 is 2.13 bits per heavy atom. The van der Waals surface area contributed by atoms with Crippen LogP contribution >= 0.6 is 11.3 Å². The van der Waals surface area contributed by atoms with Crippen molar-refractivity contribution in [2.24, 2.45) is 0 Å². The highest BCUT2D eigenvalue weighted by atomic mass is 32.1. The fourth-order valence-corrected chi connectivity index (χ4v) is 3.27. The Morgan fingerprint density at radius 3 is 2.70 bits per heavy atom. The number of anilines is 1. The zero-order valence-corrected chi connectivity index (χ0v) is 13.9. The molecule has 3 rings (SSSR count). The van der Waals surface area contributed by atoms with Crippen molar-refractivity contribution in [1.82, 2.24) is 20.0 Å². The molecule has 0 fully saturated rings. The highest BCUT2D eigenvalue weighted by Gasteiger charge is 2.13. The monoisotopic (exact) mass is 329 g/mol. The van der Waals surface area contributed by atoms with Crippen molar-refractivity contribution < 1.29 is 5.11 Å². The standard InChI is InChI=1S/C16H19N5OS/c1-11-10-12(2)21(20-11)16-6-5-15(18-19-16)17-13(7-8-22)14-4-3-9-23-14/h3-6,9-10,13,22H,7-8H2,1-2H3,(H,17,18)/t13-/m1/s1. The molecule has 0 aliphatic heterocycles. The molecule has 7 heteroatoms. The number of aromatic nitrogens is 4. The van der Waals surface area contributed by atoms with Gasteiger partial charge < -0.3 is 10.4 Å². The van der Waals surface area contributed by atoms with E-state index in [0.29, 0.717) is 18.1 Å². The maximum atomic E-state index is 9.26. The molecule has 0 spiro atoms. The molecule has 120 valence electrons. The third-order valence-corrected chi connectivity index (χ3v) is 4.49. The molecule has 2 N–H and O–H groups in total. The number of aryl methyl sites for hydroxylation is 2. The summed E-state index contributed by atoms with van der Waals surface area (Å²) in [6, 6.07) is 9.87. The first-order valence-electron chi connectivity index (χ1n) is 7.45. The molecular formula is C16H19N5OS. The van der Waals surface area contributed by atoms with E-state index in [-0.39, 0.29) is 12.6 Å². The molecule has 0 bridgehead atoms. The van der Waals surface area contributed by atoms with E-state index in [1.807, 2.05) is 43.5 Å². The number of hydrogen-bond donors (Lipinski definition) is 2. The Hall–Kier alpha value is -2.25. The van der Waals surface area contributed by atoms with Gasteiger partial charge in [0.25, 0.3) is 0 Å². The summed E-state index contributed by atoms with van der Waals surface area (Å²) in [5.41, 5.74) is 1.97. The van der Waals surface area contributed by atoms with Gasteiger partial charge >= 0.3 is 0 Å². The van der Waals surface area contributed by atoms with Gasteiger partial charge in [0, 0.05) is 17.2 Å². The SMILES string of the molecule is Cc1cc(C)n(-c2ccc(N[C@H](CCO)c3cccs3)nn2)n1. The molecule has 0 radical (unpaired) electrons. The van der Waals surface area contributed by atoms with Crippen LogP contribution in [-0.4, -0.2) is 31.7 Å². The van der Waals surface area contributed by atoms with E-state index in [2.05, 4.69) is 26.7 Å². The fourth-order valence-electron chi connectivity index (χ4n) is 2.46. The lowest BCUT2D eigenvalue weighted by molar-refractivity contribution is 0.280. The van der Waals surface area contributed by atoms with Crippen LogP contribution in [0.4, 0.5) is 5.82 Å². The van der Waals surface area contributed by atoms with Gasteiger partial charge in [-0.1, -0.05) is 6.07 Å². The number of nitrogens with zero attached hydrogens (tertiary/aromatic N) is 4. The Labute approximate surface area is 138 Å². The van der Waals surface area contributed by atoms with Gasteiger partial charge in [-0.25, -0.2) is 4.68 Å². The quantitative estimate of drug-likeness (QED) is 0.727. The first kappa shape index (κ1) is 15.6. The van der Waals surface area contributed by atoms with Crippen LogP contribution in [0.3, 0.4) is 0 Å². The summed E-state index contributed by atoms with van der Waals surface area (Å²) in [5.74, 6) is 1.37. The van der Waals surface area contributed by atoms with Gasteiger partial charge in [0.1, 0.15) is 5.82 Å². The van der Waals surface area contributed by atoms with Crippen LogP contribution in [0.15, 0.2) is 35.7 Å². The van der Waals surface area contributed by atoms with Gasteiger partial charge in [-0.2, -0.15) is 5.10 Å². The Kier molecular flexibility index (Phi) is 4.68. The lowest BCUT2D eigenvalue weighted by Crippen LogP contribution is -2.13. The van der Waals surface area contributed by atoms with Crippen molar-refractivity contribution in [2.45, 2.75) is 26.3 Å². The smallest absolute Gasteiger partial charge is 0.176 e. The minimum absolute atomic E-state index is 0.0360. The topological polar surface area (TPSA) is 75.9 Å². The van der Waals surface area contributed by atoms with E-state index >= 15 is 0 Å². The number of aliphatic hydroxyl groups excluding tert-OH is 1. The van der Waals surface area contributed by atoms with E-state index in [9.17, 15) is 5.11 Å². The van der Waals surface area contributed by atoms with Crippen molar-refractivity contribution in [3.05, 3.63) is 52.0 Å². The minimum atomic E-state index is 0.0360. The van der Waals surface area contributed by atoms with Crippen molar-refractivity contribution in [2.75, 3.05) is 11.9 Å². The molecule has 0 saturated heterocycles. The lowest BCUT2D eigenvalue weighted by atomic mass is 10.2. The second-order valence-corrected chi connectivity index (χ2v) is 6.32. The van der Waals surface area contributed by atoms with Crippen molar-refractivity contribution in [3.8, 4) is 5.82 Å². The third-order valence-electron chi connectivity index (χ3n) is 3.50. The molecule has 3 aromatic rings. The molecule has 0 aliphatic carbocycles. The Morgan fingerprint density at radius 1 is 1.26 bits per heavy atom. The van der Waals surface area contributed by atoms with Crippen LogP contribution in [0.1, 0.15) is 28.7 Å². The molecule has 6 nitrogen and oxygen atoms in total. The van der Waals surface area contributed by atoms with Crippen LogP contribution in [0.25, 0.3) is 5.82 Å². The number of rotatable bonds is 6. The molecule has 23 heavy (non-hydrogen) atoms. The molecule has 0 unspecified atom stereocenters. The number of thiophene rings is 1. The summed E-state index contributed by atoms with van der Waals surface area (Å²) < 4.78 is 1.77. The van der Waals surface area contributed by atoms with Crippen LogP contribution in [0.2, 0.25) is 0 Å². The Balaban J connectivity index is 1.77. The first-order chi connectivity index (χ1) is 11.2. The molecule has 3 heterocycles. The average molecular weight is 329 g/mol. The largest absolute Gasteiger partial charge is 0.396 e. The molecule has 0 aliphatic rings. The van der Waals surface area contributed by atoms with Gasteiger partial charge in [-0.15, -0.1) is 21.5 Å². The van der Waals surface area contributed by atoms with Crippen LogP contribution in [0.5, 0.6) is 0 Å². The van der Waals surface area contributed by atoms with Crippen LogP contribution < -0.4 is 5.32 Å². The number of aliphatic hydroxyl groups is 1.